The molecule has 2 N–H and O–H groups in total. The Balaban J connectivity index is 2.94. The molecule has 0 fully saturated rings. The highest BCUT2D eigenvalue weighted by Gasteiger charge is 2.17. The van der Waals surface area contributed by atoms with Gasteiger partial charge in [-0.15, -0.1) is 0 Å². The Morgan fingerprint density at radius 2 is 1.63 bits per heavy atom. The van der Waals surface area contributed by atoms with Crippen LogP contribution >= 0.6 is 0 Å². The normalized spacial score (nSPS) is 12.6. The second kappa shape index (κ2) is 6.20. The number of nitrogens with one attached hydrogen (secondary N) is 1. The number of amides is 1. The second-order valence-electron chi connectivity index (χ2n) is 5.59. The number of hydrogen-bond acceptors (Lipinski definition) is 2. The van der Waals surface area contributed by atoms with E-state index in [1.807, 2.05) is 41.5 Å². The summed E-state index contributed by atoms with van der Waals surface area (Å²) in [6, 6.07) is 2.13. The van der Waals surface area contributed by atoms with Gasteiger partial charge in [0, 0.05) is 12.5 Å². The van der Waals surface area contributed by atoms with E-state index in [1.165, 1.54) is 11.1 Å². The molecule has 0 saturated carbocycles. The monoisotopic (exact) mass is 263 g/mol. The maximum atomic E-state index is 11.6. The summed E-state index contributed by atoms with van der Waals surface area (Å²) >= 11 is 0. The van der Waals surface area contributed by atoms with Gasteiger partial charge in [-0.2, -0.15) is 0 Å². The zero-order valence-corrected chi connectivity index (χ0v) is 12.8. The fourth-order valence-electron chi connectivity index (χ4n) is 2.25. The van der Waals surface area contributed by atoms with Crippen molar-refractivity contribution in [3.63, 3.8) is 0 Å². The van der Waals surface area contributed by atoms with Crippen molar-refractivity contribution in [2.75, 3.05) is 6.54 Å². The van der Waals surface area contributed by atoms with Crippen LogP contribution in [0.4, 0.5) is 0 Å². The van der Waals surface area contributed by atoms with Crippen molar-refractivity contribution in [2.24, 2.45) is 5.92 Å². The third kappa shape index (κ3) is 3.57. The van der Waals surface area contributed by atoms with Crippen molar-refractivity contribution in [1.82, 2.24) is 5.32 Å². The van der Waals surface area contributed by atoms with Crippen molar-refractivity contribution >= 4 is 5.91 Å². The van der Waals surface area contributed by atoms with E-state index >= 15 is 0 Å². The van der Waals surface area contributed by atoms with Crippen LogP contribution < -0.4 is 5.32 Å². The van der Waals surface area contributed by atoms with Crippen LogP contribution in [0.5, 0.6) is 0 Å². The lowest BCUT2D eigenvalue weighted by molar-refractivity contribution is -0.124. The van der Waals surface area contributed by atoms with E-state index in [9.17, 15) is 9.90 Å². The molecule has 1 amide bonds. The zero-order chi connectivity index (χ0) is 14.7. The van der Waals surface area contributed by atoms with Crippen LogP contribution in [0, 0.1) is 33.6 Å². The summed E-state index contributed by atoms with van der Waals surface area (Å²) in [5.41, 5.74) is 5.50. The summed E-state index contributed by atoms with van der Waals surface area (Å²) in [5.74, 6) is -0.0904. The first kappa shape index (κ1) is 15.7. The number of rotatable bonds is 4. The molecule has 0 spiro atoms. The lowest BCUT2D eigenvalue weighted by Gasteiger charge is -2.21. The van der Waals surface area contributed by atoms with Crippen LogP contribution in [-0.2, 0) is 4.79 Å². The first-order valence-corrected chi connectivity index (χ1v) is 6.78. The van der Waals surface area contributed by atoms with Gasteiger partial charge >= 0.3 is 0 Å². The molecule has 1 aromatic rings. The number of aryl methyl sites for hydroxylation is 2. The molecule has 0 radical (unpaired) electrons. The molecular formula is C16H25NO2. The molecule has 1 atom stereocenters. The Labute approximate surface area is 116 Å². The van der Waals surface area contributed by atoms with E-state index in [1.54, 1.807) is 0 Å². The van der Waals surface area contributed by atoms with Gasteiger partial charge in [0.2, 0.25) is 5.91 Å². The molecule has 0 heterocycles. The van der Waals surface area contributed by atoms with Crippen LogP contribution in [0.25, 0.3) is 0 Å². The highest BCUT2D eigenvalue weighted by atomic mass is 16.3. The Kier molecular flexibility index (Phi) is 5.12. The highest BCUT2D eigenvalue weighted by molar-refractivity contribution is 5.77. The van der Waals surface area contributed by atoms with Gasteiger partial charge in [-0.1, -0.05) is 19.9 Å². The van der Waals surface area contributed by atoms with Gasteiger partial charge in [-0.25, -0.2) is 0 Å². The van der Waals surface area contributed by atoms with Crippen molar-refractivity contribution in [3.8, 4) is 0 Å². The van der Waals surface area contributed by atoms with Crippen LogP contribution in [0.1, 0.15) is 47.8 Å². The van der Waals surface area contributed by atoms with Gasteiger partial charge < -0.3 is 10.4 Å². The van der Waals surface area contributed by atoms with E-state index in [0.717, 1.165) is 16.7 Å². The minimum absolute atomic E-state index is 0.0290. The number of carbonyl (C=O) groups excluding carboxylic acids is 1. The standard InChI is InChI=1S/C16H25NO2/c1-9(2)16(19)17-8-14(18)15-12(5)10(3)7-11(4)13(15)6/h7,9,14,18H,8H2,1-6H3,(H,17,19). The zero-order valence-electron chi connectivity index (χ0n) is 12.8. The van der Waals surface area contributed by atoms with Crippen LogP contribution in [0.3, 0.4) is 0 Å². The SMILES string of the molecule is Cc1cc(C)c(C)c(C(O)CNC(=O)C(C)C)c1C. The molecule has 0 aliphatic heterocycles. The van der Waals surface area contributed by atoms with Gasteiger partial charge in [-0.05, 0) is 55.5 Å². The minimum Gasteiger partial charge on any atom is -0.387 e. The van der Waals surface area contributed by atoms with Crippen LogP contribution in [0.2, 0.25) is 0 Å². The predicted octanol–water partition coefficient (Wildman–Crippen LogP) is 2.73. The Morgan fingerprint density at radius 1 is 1.16 bits per heavy atom. The van der Waals surface area contributed by atoms with Gasteiger partial charge in [0.1, 0.15) is 0 Å². The van der Waals surface area contributed by atoms with E-state index in [-0.39, 0.29) is 18.4 Å². The van der Waals surface area contributed by atoms with E-state index in [2.05, 4.69) is 11.4 Å². The molecule has 0 aromatic heterocycles. The minimum atomic E-state index is -0.652. The quantitative estimate of drug-likeness (QED) is 0.877. The Morgan fingerprint density at radius 3 is 2.05 bits per heavy atom. The summed E-state index contributed by atoms with van der Waals surface area (Å²) in [6.07, 6.45) is -0.652. The van der Waals surface area contributed by atoms with Gasteiger partial charge in [-0.3, -0.25) is 4.79 Å². The maximum Gasteiger partial charge on any atom is 0.222 e. The second-order valence-corrected chi connectivity index (χ2v) is 5.59. The number of carbonyl (C=O) groups is 1. The third-order valence-corrected chi connectivity index (χ3v) is 3.75. The molecule has 0 aliphatic rings. The topological polar surface area (TPSA) is 49.3 Å². The number of benzene rings is 1. The Hall–Kier alpha value is -1.35. The van der Waals surface area contributed by atoms with Crippen molar-refractivity contribution in [2.45, 2.75) is 47.6 Å². The molecule has 1 rings (SSSR count). The van der Waals surface area contributed by atoms with Crippen LogP contribution in [-0.4, -0.2) is 17.6 Å². The molecule has 0 aliphatic carbocycles. The van der Waals surface area contributed by atoms with Gasteiger partial charge in [0.15, 0.2) is 0 Å². The van der Waals surface area contributed by atoms with E-state index in [4.69, 9.17) is 0 Å². The Bertz CT molecular complexity index is 452. The van der Waals surface area contributed by atoms with Crippen LogP contribution in [0.15, 0.2) is 6.07 Å². The largest absolute Gasteiger partial charge is 0.387 e. The maximum absolute atomic E-state index is 11.6. The number of aliphatic hydroxyl groups is 1. The van der Waals surface area contributed by atoms with E-state index in [0.29, 0.717) is 0 Å². The fourth-order valence-corrected chi connectivity index (χ4v) is 2.25. The first-order valence-electron chi connectivity index (χ1n) is 6.78. The summed E-state index contributed by atoms with van der Waals surface area (Å²) in [4.78, 5) is 11.6. The molecule has 1 aromatic carbocycles. The summed E-state index contributed by atoms with van der Waals surface area (Å²) in [7, 11) is 0. The molecule has 3 heteroatoms. The molecule has 0 bridgehead atoms. The molecule has 106 valence electrons. The summed E-state index contributed by atoms with van der Waals surface area (Å²) in [6.45, 7) is 12.1. The fraction of sp³-hybridized carbons (Fsp3) is 0.562. The summed E-state index contributed by atoms with van der Waals surface area (Å²) < 4.78 is 0. The van der Waals surface area contributed by atoms with Gasteiger partial charge in [0.05, 0.1) is 6.10 Å². The third-order valence-electron chi connectivity index (χ3n) is 3.75. The molecular weight excluding hydrogens is 238 g/mol. The highest BCUT2D eigenvalue weighted by Crippen LogP contribution is 2.27. The van der Waals surface area contributed by atoms with Crippen molar-refractivity contribution in [1.29, 1.82) is 0 Å². The average molecular weight is 263 g/mol. The smallest absolute Gasteiger partial charge is 0.222 e. The summed E-state index contributed by atoms with van der Waals surface area (Å²) in [5, 5.41) is 13.1. The van der Waals surface area contributed by atoms with Crippen molar-refractivity contribution < 1.29 is 9.90 Å². The lowest BCUT2D eigenvalue weighted by atomic mass is 9.91. The van der Waals surface area contributed by atoms with E-state index < -0.39 is 6.10 Å². The number of hydrogen-bond donors (Lipinski definition) is 2. The molecule has 1 unspecified atom stereocenters. The van der Waals surface area contributed by atoms with Crippen molar-refractivity contribution in [3.05, 3.63) is 33.9 Å². The molecule has 19 heavy (non-hydrogen) atoms. The predicted molar refractivity (Wildman–Crippen MR) is 78.2 cm³/mol. The average Bonchev–Trinajstić information content (AvgIpc) is 2.33. The lowest BCUT2D eigenvalue weighted by Crippen LogP contribution is -2.32. The molecule has 3 nitrogen and oxygen atoms in total. The number of aliphatic hydroxyl groups excluding tert-OH is 1. The first-order chi connectivity index (χ1) is 8.75. The van der Waals surface area contributed by atoms with Gasteiger partial charge in [0.25, 0.3) is 0 Å². The molecule has 0 saturated heterocycles.